The van der Waals surface area contributed by atoms with Crippen LogP contribution < -0.4 is 0 Å². The van der Waals surface area contributed by atoms with Crippen molar-refractivity contribution in [3.8, 4) is 0 Å². The number of benzene rings is 1. The van der Waals surface area contributed by atoms with E-state index in [9.17, 15) is 14.3 Å². The van der Waals surface area contributed by atoms with Crippen molar-refractivity contribution < 1.29 is 14.3 Å². The van der Waals surface area contributed by atoms with Gasteiger partial charge in [-0.2, -0.15) is 0 Å². The molecule has 1 aromatic carbocycles. The Balaban J connectivity index is 1.69. The van der Waals surface area contributed by atoms with Crippen LogP contribution in [-0.2, 0) is 0 Å². The molecule has 134 valence electrons. The van der Waals surface area contributed by atoms with Gasteiger partial charge >= 0.3 is 0 Å². The lowest BCUT2D eigenvalue weighted by Gasteiger charge is -2.26. The number of nitrogens with zero attached hydrogens (tertiary/aromatic N) is 3. The van der Waals surface area contributed by atoms with E-state index in [1.54, 1.807) is 29.6 Å². The molecular weight excluding hydrogens is 321 g/mol. The summed E-state index contributed by atoms with van der Waals surface area (Å²) in [5, 5.41) is 10.4. The van der Waals surface area contributed by atoms with Gasteiger partial charge in [-0.1, -0.05) is 12.1 Å². The van der Waals surface area contributed by atoms with Gasteiger partial charge in [-0.25, -0.2) is 9.37 Å². The molecule has 25 heavy (non-hydrogen) atoms. The summed E-state index contributed by atoms with van der Waals surface area (Å²) >= 11 is 0. The molecule has 1 aliphatic rings. The second-order valence-corrected chi connectivity index (χ2v) is 6.90. The van der Waals surface area contributed by atoms with Crippen LogP contribution in [0.4, 0.5) is 4.39 Å². The highest BCUT2D eigenvalue weighted by Gasteiger charge is 2.32. The first-order valence-corrected chi connectivity index (χ1v) is 8.73. The Hall–Kier alpha value is -2.21. The molecule has 2 heterocycles. The maximum atomic E-state index is 13.0. The van der Waals surface area contributed by atoms with E-state index in [-0.39, 0.29) is 23.8 Å². The summed E-state index contributed by atoms with van der Waals surface area (Å²) in [6.45, 7) is 4.75. The first kappa shape index (κ1) is 17.6. The average molecular weight is 345 g/mol. The molecule has 1 saturated heterocycles. The number of hydrogen-bond acceptors (Lipinski definition) is 3. The van der Waals surface area contributed by atoms with Crippen LogP contribution in [-0.4, -0.2) is 38.1 Å². The lowest BCUT2D eigenvalue weighted by Crippen LogP contribution is -2.36. The predicted octanol–water partition coefficient (Wildman–Crippen LogP) is 3.33. The molecule has 0 bridgehead atoms. The van der Waals surface area contributed by atoms with E-state index >= 15 is 0 Å². The minimum absolute atomic E-state index is 0.0308. The zero-order chi connectivity index (χ0) is 18.0. The van der Waals surface area contributed by atoms with E-state index < -0.39 is 6.10 Å². The van der Waals surface area contributed by atoms with E-state index in [1.807, 2.05) is 18.4 Å². The number of rotatable bonds is 5. The molecule has 0 saturated carbocycles. The van der Waals surface area contributed by atoms with Gasteiger partial charge in [0.25, 0.3) is 5.91 Å². The molecule has 0 radical (unpaired) electrons. The number of carbonyl (C=O) groups excluding carboxylic acids is 1. The summed E-state index contributed by atoms with van der Waals surface area (Å²) in [5.41, 5.74) is 1.11. The number of halogens is 1. The molecule has 2 aromatic rings. The molecule has 1 fully saturated rings. The van der Waals surface area contributed by atoms with Gasteiger partial charge in [-0.15, -0.1) is 0 Å². The highest BCUT2D eigenvalue weighted by molar-refractivity contribution is 5.92. The van der Waals surface area contributed by atoms with Crippen LogP contribution in [0.3, 0.4) is 0 Å². The first-order valence-electron chi connectivity index (χ1n) is 8.73. The van der Waals surface area contributed by atoms with Gasteiger partial charge in [0.05, 0.1) is 12.4 Å². The number of hydrogen-bond donors (Lipinski definition) is 1. The summed E-state index contributed by atoms with van der Waals surface area (Å²) in [6, 6.07) is 6.08. The van der Waals surface area contributed by atoms with Gasteiger partial charge in [-0.05, 0) is 50.8 Å². The number of aliphatic hydroxyl groups is 1. The summed E-state index contributed by atoms with van der Waals surface area (Å²) in [5.74, 6) is -0.414. The number of imidazole rings is 1. The van der Waals surface area contributed by atoms with Gasteiger partial charge in [0.1, 0.15) is 11.5 Å². The third kappa shape index (κ3) is 3.90. The molecule has 2 atom stereocenters. The van der Waals surface area contributed by atoms with Gasteiger partial charge in [0.15, 0.2) is 0 Å². The molecule has 1 aliphatic heterocycles. The van der Waals surface area contributed by atoms with Crippen molar-refractivity contribution in [2.45, 2.75) is 51.3 Å². The molecular formula is C19H24FN3O2. The number of likely N-dealkylation sites (tertiary alicyclic amines) is 1. The predicted molar refractivity (Wildman–Crippen MR) is 92.6 cm³/mol. The van der Waals surface area contributed by atoms with Crippen molar-refractivity contribution in [2.75, 3.05) is 6.54 Å². The van der Waals surface area contributed by atoms with Crippen LogP contribution in [0.1, 0.15) is 61.3 Å². The van der Waals surface area contributed by atoms with Crippen molar-refractivity contribution >= 4 is 5.91 Å². The Bertz CT molecular complexity index is 727. The fourth-order valence-corrected chi connectivity index (χ4v) is 3.30. The molecule has 6 heteroatoms. The zero-order valence-electron chi connectivity index (χ0n) is 14.6. The van der Waals surface area contributed by atoms with E-state index in [4.69, 9.17) is 0 Å². The van der Waals surface area contributed by atoms with Gasteiger partial charge in [0, 0.05) is 24.8 Å². The Morgan fingerprint density at radius 2 is 2.08 bits per heavy atom. The summed E-state index contributed by atoms with van der Waals surface area (Å²) in [7, 11) is 0. The quantitative estimate of drug-likeness (QED) is 0.904. The molecule has 3 rings (SSSR count). The van der Waals surface area contributed by atoms with Crippen LogP contribution >= 0.6 is 0 Å². The number of aromatic nitrogens is 2. The largest absolute Gasteiger partial charge is 0.388 e. The maximum absolute atomic E-state index is 13.0. The fraction of sp³-hybridized carbons (Fsp3) is 0.474. The Morgan fingerprint density at radius 1 is 1.36 bits per heavy atom. The monoisotopic (exact) mass is 345 g/mol. The van der Waals surface area contributed by atoms with Gasteiger partial charge in [0.2, 0.25) is 0 Å². The van der Waals surface area contributed by atoms with Crippen molar-refractivity contribution in [1.82, 2.24) is 14.5 Å². The van der Waals surface area contributed by atoms with E-state index in [0.717, 1.165) is 12.8 Å². The number of carbonyl (C=O) groups is 1. The Labute approximate surface area is 147 Å². The van der Waals surface area contributed by atoms with Crippen molar-refractivity contribution in [3.63, 3.8) is 0 Å². The molecule has 0 aliphatic carbocycles. The first-order chi connectivity index (χ1) is 12.0. The van der Waals surface area contributed by atoms with Crippen molar-refractivity contribution in [1.29, 1.82) is 0 Å². The third-order valence-corrected chi connectivity index (χ3v) is 4.81. The van der Waals surface area contributed by atoms with Crippen molar-refractivity contribution in [3.05, 3.63) is 53.9 Å². The van der Waals surface area contributed by atoms with Crippen LogP contribution in [0.15, 0.2) is 36.8 Å². The zero-order valence-corrected chi connectivity index (χ0v) is 14.6. The summed E-state index contributed by atoms with van der Waals surface area (Å²) in [6.07, 6.45) is 4.95. The van der Waals surface area contributed by atoms with E-state index in [1.165, 1.54) is 12.1 Å². The smallest absolute Gasteiger partial charge is 0.274 e. The SMILES string of the molecule is CC(C)n1cnc(C(=O)N2CCC[C@H]2C[C@@H](O)c2ccc(F)cc2)c1. The van der Waals surface area contributed by atoms with E-state index in [2.05, 4.69) is 4.98 Å². The Morgan fingerprint density at radius 3 is 2.72 bits per heavy atom. The second-order valence-electron chi connectivity index (χ2n) is 6.90. The molecule has 5 nitrogen and oxygen atoms in total. The van der Waals surface area contributed by atoms with Gasteiger partial charge in [-0.3, -0.25) is 4.79 Å². The third-order valence-electron chi connectivity index (χ3n) is 4.81. The lowest BCUT2D eigenvalue weighted by molar-refractivity contribution is 0.0662. The molecule has 0 unspecified atom stereocenters. The fourth-order valence-electron chi connectivity index (χ4n) is 3.30. The molecule has 0 spiro atoms. The lowest BCUT2D eigenvalue weighted by atomic mass is 10.0. The normalized spacial score (nSPS) is 18.8. The average Bonchev–Trinajstić information content (AvgIpc) is 3.24. The van der Waals surface area contributed by atoms with Crippen LogP contribution in [0.25, 0.3) is 0 Å². The van der Waals surface area contributed by atoms with Crippen LogP contribution in [0, 0.1) is 5.82 Å². The van der Waals surface area contributed by atoms with Crippen LogP contribution in [0.5, 0.6) is 0 Å². The topological polar surface area (TPSA) is 58.4 Å². The van der Waals surface area contributed by atoms with E-state index in [0.29, 0.717) is 24.2 Å². The highest BCUT2D eigenvalue weighted by Crippen LogP contribution is 2.28. The van der Waals surface area contributed by atoms with Gasteiger partial charge < -0.3 is 14.6 Å². The molecule has 1 N–H and O–H groups in total. The number of aliphatic hydroxyl groups excluding tert-OH is 1. The number of amides is 1. The molecule has 1 amide bonds. The standard InChI is InChI=1S/C19H24FN3O2/c1-13(2)22-11-17(21-12-22)19(25)23-9-3-4-16(23)10-18(24)14-5-7-15(20)8-6-14/h5-8,11-13,16,18,24H,3-4,9-10H2,1-2H3/t16-,18+/m0/s1. The van der Waals surface area contributed by atoms with Crippen molar-refractivity contribution in [2.24, 2.45) is 0 Å². The summed E-state index contributed by atoms with van der Waals surface area (Å²) in [4.78, 5) is 18.8. The minimum Gasteiger partial charge on any atom is -0.388 e. The Kier molecular flexibility index (Phi) is 5.18. The maximum Gasteiger partial charge on any atom is 0.274 e. The molecule has 1 aromatic heterocycles. The minimum atomic E-state index is -0.716. The second kappa shape index (κ2) is 7.35. The van der Waals surface area contributed by atoms with Crippen LogP contribution in [0.2, 0.25) is 0 Å². The summed E-state index contributed by atoms with van der Waals surface area (Å²) < 4.78 is 14.9. The highest BCUT2D eigenvalue weighted by atomic mass is 19.1.